The number of aromatic nitrogens is 5. The smallest absolute Gasteiger partial charge is 0.329 e. The summed E-state index contributed by atoms with van der Waals surface area (Å²) in [6.07, 6.45) is 5.51. The summed E-state index contributed by atoms with van der Waals surface area (Å²) in [6.45, 7) is 1.72. The van der Waals surface area contributed by atoms with Gasteiger partial charge in [-0.3, -0.25) is 14.2 Å². The normalized spacial score (nSPS) is 19.2. The summed E-state index contributed by atoms with van der Waals surface area (Å²) in [5.74, 6) is -1.87. The molecule has 1 saturated carbocycles. The molecule has 11 nitrogen and oxygen atoms in total. The van der Waals surface area contributed by atoms with E-state index < -0.39 is 23.0 Å². The van der Waals surface area contributed by atoms with Gasteiger partial charge >= 0.3 is 5.97 Å². The number of halogens is 2. The zero-order valence-electron chi connectivity index (χ0n) is 20.5. The minimum atomic E-state index is -1.31. The predicted octanol–water partition coefficient (Wildman–Crippen LogP) is 3.75. The Kier molecular flexibility index (Phi) is 5.74. The van der Waals surface area contributed by atoms with Gasteiger partial charge in [-0.15, -0.1) is 5.10 Å². The highest BCUT2D eigenvalue weighted by Gasteiger charge is 2.54. The molecule has 2 amide bonds. The van der Waals surface area contributed by atoms with Crippen molar-refractivity contribution in [2.75, 3.05) is 4.90 Å². The van der Waals surface area contributed by atoms with Gasteiger partial charge in [-0.25, -0.2) is 19.4 Å². The van der Waals surface area contributed by atoms with Gasteiger partial charge in [0.15, 0.2) is 0 Å². The van der Waals surface area contributed by atoms with Gasteiger partial charge in [-0.05, 0) is 55.7 Å². The predicted molar refractivity (Wildman–Crippen MR) is 142 cm³/mol. The number of hydrogen-bond acceptors (Lipinski definition) is 6. The minimum absolute atomic E-state index is 0.0724. The molecule has 13 heteroatoms. The van der Waals surface area contributed by atoms with E-state index in [2.05, 4.69) is 20.6 Å². The van der Waals surface area contributed by atoms with Crippen LogP contribution in [0.25, 0.3) is 5.69 Å². The molecule has 198 valence electrons. The van der Waals surface area contributed by atoms with E-state index in [0.717, 1.165) is 11.3 Å². The molecule has 6 rings (SSSR count). The number of aliphatic carboxylic acids is 1. The first kappa shape index (κ1) is 25.1. The number of amides is 2. The number of carbonyl (C=O) groups is 3. The fourth-order valence-corrected chi connectivity index (χ4v) is 5.45. The zero-order chi connectivity index (χ0) is 27.5. The van der Waals surface area contributed by atoms with Crippen LogP contribution in [0.15, 0.2) is 61.1 Å². The van der Waals surface area contributed by atoms with Crippen molar-refractivity contribution in [3.8, 4) is 5.69 Å². The number of carbonyl (C=O) groups excluding carboxylic acids is 2. The van der Waals surface area contributed by atoms with Crippen LogP contribution in [-0.2, 0) is 21.5 Å². The quantitative estimate of drug-likeness (QED) is 0.348. The van der Waals surface area contributed by atoms with Crippen LogP contribution in [0.4, 0.5) is 11.6 Å². The Labute approximate surface area is 232 Å². The summed E-state index contributed by atoms with van der Waals surface area (Å²) >= 11 is 12.5. The van der Waals surface area contributed by atoms with Crippen LogP contribution in [0.3, 0.4) is 0 Å². The number of benzene rings is 2. The first-order valence-electron chi connectivity index (χ1n) is 12.0. The average molecular weight is 566 g/mol. The third-order valence-corrected chi connectivity index (χ3v) is 7.56. The van der Waals surface area contributed by atoms with Crippen molar-refractivity contribution in [3.63, 3.8) is 0 Å². The fraction of sp³-hybridized carbons (Fsp3) is 0.231. The highest BCUT2D eigenvalue weighted by atomic mass is 35.5. The van der Waals surface area contributed by atoms with Crippen molar-refractivity contribution in [2.45, 2.75) is 37.3 Å². The molecule has 0 spiro atoms. The van der Waals surface area contributed by atoms with Crippen molar-refractivity contribution in [3.05, 3.63) is 82.4 Å². The zero-order valence-corrected chi connectivity index (χ0v) is 22.0. The summed E-state index contributed by atoms with van der Waals surface area (Å²) in [6, 6.07) is 12.2. The van der Waals surface area contributed by atoms with Crippen LogP contribution in [0.5, 0.6) is 0 Å². The van der Waals surface area contributed by atoms with Gasteiger partial charge in [0.2, 0.25) is 5.95 Å². The van der Waals surface area contributed by atoms with Crippen LogP contribution in [0, 0.1) is 0 Å². The van der Waals surface area contributed by atoms with Crippen LogP contribution >= 0.6 is 23.2 Å². The Morgan fingerprint density at radius 1 is 1.08 bits per heavy atom. The van der Waals surface area contributed by atoms with Crippen LogP contribution in [-0.4, -0.2) is 53.0 Å². The maximum absolute atomic E-state index is 14.1. The topological polar surface area (TPSA) is 135 Å². The van der Waals surface area contributed by atoms with Gasteiger partial charge in [0.25, 0.3) is 11.8 Å². The second-order valence-corrected chi connectivity index (χ2v) is 10.7. The molecule has 0 radical (unpaired) electrons. The standard InChI is InChI=1S/C26H21Cl2N7O4/c1-25(13-15-2-4-18(5-3-15)33-9-8-30-32-33)22(37)34(19-11-16(27)10-17(28)12-19)24-29-14-20(35(24)25)21(36)31-26(6-7-26)23(38)39/h2-5,8-12,14H,6-7,13H2,1H3,(H,31,36)(H,38,39). The Bertz CT molecular complexity index is 1610. The van der Waals surface area contributed by atoms with E-state index in [1.54, 1.807) is 46.8 Å². The molecule has 2 N–H and O–H groups in total. The van der Waals surface area contributed by atoms with Crippen molar-refractivity contribution in [1.82, 2.24) is 29.9 Å². The number of anilines is 2. The molecule has 0 saturated heterocycles. The van der Waals surface area contributed by atoms with E-state index in [1.165, 1.54) is 11.1 Å². The van der Waals surface area contributed by atoms with E-state index in [4.69, 9.17) is 23.2 Å². The number of nitrogens with one attached hydrogen (secondary N) is 1. The van der Waals surface area contributed by atoms with E-state index in [1.807, 2.05) is 24.3 Å². The molecule has 39 heavy (non-hydrogen) atoms. The molecule has 1 unspecified atom stereocenters. The van der Waals surface area contributed by atoms with Gasteiger partial charge < -0.3 is 10.4 Å². The van der Waals surface area contributed by atoms with Gasteiger partial charge in [-0.1, -0.05) is 40.5 Å². The molecule has 1 aliphatic carbocycles. The highest BCUT2D eigenvalue weighted by molar-refractivity contribution is 6.35. The number of imidazole rings is 1. The molecule has 1 aliphatic heterocycles. The number of fused-ring (bicyclic) bond motifs is 1. The molecular weight excluding hydrogens is 545 g/mol. The highest BCUT2D eigenvalue weighted by Crippen LogP contribution is 2.44. The number of hydrogen-bond donors (Lipinski definition) is 2. The number of carboxylic acids is 1. The molecule has 1 fully saturated rings. The van der Waals surface area contributed by atoms with E-state index in [0.29, 0.717) is 28.6 Å². The molecule has 0 bridgehead atoms. The summed E-state index contributed by atoms with van der Waals surface area (Å²) in [5, 5.41) is 20.7. The van der Waals surface area contributed by atoms with E-state index in [9.17, 15) is 19.5 Å². The van der Waals surface area contributed by atoms with Crippen molar-refractivity contribution < 1.29 is 19.5 Å². The van der Waals surface area contributed by atoms with Gasteiger partial charge in [-0.2, -0.15) is 0 Å². The Balaban J connectivity index is 1.42. The molecule has 2 aliphatic rings. The molecule has 4 aromatic rings. The van der Waals surface area contributed by atoms with Crippen molar-refractivity contribution in [1.29, 1.82) is 0 Å². The largest absolute Gasteiger partial charge is 0.480 e. The second kappa shape index (κ2) is 8.92. The van der Waals surface area contributed by atoms with Crippen LogP contribution < -0.4 is 10.2 Å². The molecule has 3 heterocycles. The number of carboxylic acid groups (broad SMARTS) is 1. The Morgan fingerprint density at radius 3 is 2.36 bits per heavy atom. The van der Waals surface area contributed by atoms with Crippen molar-refractivity contribution in [2.24, 2.45) is 0 Å². The van der Waals surface area contributed by atoms with E-state index >= 15 is 0 Å². The van der Waals surface area contributed by atoms with Gasteiger partial charge in [0.1, 0.15) is 16.8 Å². The molecular formula is C26H21Cl2N7O4. The molecule has 1 atom stereocenters. The molecule has 2 aromatic carbocycles. The lowest BCUT2D eigenvalue weighted by molar-refractivity contribution is -0.140. The maximum Gasteiger partial charge on any atom is 0.329 e. The monoisotopic (exact) mass is 565 g/mol. The van der Waals surface area contributed by atoms with Crippen molar-refractivity contribution >= 4 is 52.6 Å². The molecule has 2 aromatic heterocycles. The summed E-state index contributed by atoms with van der Waals surface area (Å²) in [7, 11) is 0. The van der Waals surface area contributed by atoms with E-state index in [-0.39, 0.29) is 24.0 Å². The van der Waals surface area contributed by atoms with Gasteiger partial charge in [0, 0.05) is 16.5 Å². The summed E-state index contributed by atoms with van der Waals surface area (Å²) in [4.78, 5) is 45.0. The number of rotatable bonds is 7. The lowest BCUT2D eigenvalue weighted by Crippen LogP contribution is -2.46. The second-order valence-electron chi connectivity index (χ2n) is 9.85. The average Bonchev–Trinajstić information content (AvgIpc) is 3.22. The minimum Gasteiger partial charge on any atom is -0.480 e. The fourth-order valence-electron chi connectivity index (χ4n) is 4.94. The number of nitrogens with zero attached hydrogens (tertiary/aromatic N) is 6. The third kappa shape index (κ3) is 4.14. The summed E-state index contributed by atoms with van der Waals surface area (Å²) < 4.78 is 3.17. The SMILES string of the molecule is CC1(Cc2ccc(-n3ccnn3)cc2)C(=O)N(c2cc(Cl)cc(Cl)c2)c2ncc(C(=O)NC3(C(=O)O)CC3)n21. The van der Waals surface area contributed by atoms with Gasteiger partial charge in [0.05, 0.1) is 30.0 Å². The Hall–Kier alpha value is -4.22. The lowest BCUT2D eigenvalue weighted by atomic mass is 9.91. The first-order valence-corrected chi connectivity index (χ1v) is 12.8. The first-order chi connectivity index (χ1) is 18.6. The Morgan fingerprint density at radius 2 is 1.77 bits per heavy atom. The maximum atomic E-state index is 14.1. The third-order valence-electron chi connectivity index (χ3n) is 7.12. The summed E-state index contributed by atoms with van der Waals surface area (Å²) in [5.41, 5.74) is -0.522. The lowest BCUT2D eigenvalue weighted by Gasteiger charge is -2.27. The van der Waals surface area contributed by atoms with Crippen LogP contribution in [0.1, 0.15) is 35.8 Å². The van der Waals surface area contributed by atoms with Crippen LogP contribution in [0.2, 0.25) is 10.0 Å².